The Labute approximate surface area is 101 Å². The quantitative estimate of drug-likeness (QED) is 0.580. The van der Waals surface area contributed by atoms with E-state index in [1.165, 1.54) is 5.56 Å². The number of rotatable bonds is 7. The molecule has 88 valence electrons. The topological polar surface area (TPSA) is 26.0 Å². The van der Waals surface area contributed by atoms with Gasteiger partial charge in [-0.05, 0) is 49.4 Å². The first-order valence-corrected chi connectivity index (χ1v) is 6.25. The van der Waals surface area contributed by atoms with Crippen LogP contribution in [0.25, 0.3) is 0 Å². The zero-order valence-corrected chi connectivity index (χ0v) is 10.2. The normalized spacial score (nSPS) is 10.4. The van der Waals surface area contributed by atoms with E-state index < -0.39 is 0 Å². The van der Waals surface area contributed by atoms with Crippen LogP contribution in [0.1, 0.15) is 24.0 Å². The van der Waals surface area contributed by atoms with Gasteiger partial charge in [0, 0.05) is 4.90 Å². The molecule has 3 heteroatoms. The van der Waals surface area contributed by atoms with E-state index in [0.29, 0.717) is 23.6 Å². The Kier molecular flexibility index (Phi) is 6.19. The minimum absolute atomic E-state index is 0.313. The third-order valence-electron chi connectivity index (χ3n) is 2.56. The second-order valence-corrected chi connectivity index (χ2v) is 4.28. The number of unbranched alkanes of at least 4 members (excludes halogenated alkanes) is 1. The van der Waals surface area contributed by atoms with Crippen LogP contribution in [0.2, 0.25) is 0 Å². The highest BCUT2D eigenvalue weighted by Gasteiger charge is 2.08. The standard InChI is InChI=1S/C13H18FNS/c1-2-3-4-6-11-7-5-8-13(16-14)12(11)9-10-15/h2,5,7-8H,1,3-4,6,9-10,15H2. The van der Waals surface area contributed by atoms with Crippen LogP contribution in [-0.4, -0.2) is 6.54 Å². The molecule has 2 N–H and O–H groups in total. The van der Waals surface area contributed by atoms with E-state index >= 15 is 0 Å². The smallest absolute Gasteiger partial charge is 0.0815 e. The van der Waals surface area contributed by atoms with Crippen molar-refractivity contribution in [1.82, 2.24) is 0 Å². The van der Waals surface area contributed by atoms with Gasteiger partial charge in [0.2, 0.25) is 0 Å². The van der Waals surface area contributed by atoms with Gasteiger partial charge in [-0.3, -0.25) is 0 Å². The molecule has 0 aliphatic carbocycles. The number of hydrogen-bond donors (Lipinski definition) is 1. The van der Waals surface area contributed by atoms with Crippen molar-refractivity contribution in [2.75, 3.05) is 6.54 Å². The van der Waals surface area contributed by atoms with Gasteiger partial charge in [-0.2, -0.15) is 3.89 Å². The van der Waals surface area contributed by atoms with Crippen molar-refractivity contribution in [3.8, 4) is 0 Å². The largest absolute Gasteiger partial charge is 0.330 e. The van der Waals surface area contributed by atoms with Crippen molar-refractivity contribution in [3.63, 3.8) is 0 Å². The molecule has 0 radical (unpaired) electrons. The average Bonchev–Trinajstić information content (AvgIpc) is 2.31. The number of aryl methyl sites for hydroxylation is 1. The molecule has 0 atom stereocenters. The van der Waals surface area contributed by atoms with Gasteiger partial charge in [0.25, 0.3) is 0 Å². The van der Waals surface area contributed by atoms with Crippen LogP contribution < -0.4 is 5.73 Å². The molecular formula is C13H18FNS. The lowest BCUT2D eigenvalue weighted by Gasteiger charge is -2.11. The summed E-state index contributed by atoms with van der Waals surface area (Å²) in [6, 6.07) is 5.78. The lowest BCUT2D eigenvalue weighted by molar-refractivity contribution is 0.814. The maximum absolute atomic E-state index is 12.7. The molecule has 0 saturated heterocycles. The summed E-state index contributed by atoms with van der Waals surface area (Å²) in [4.78, 5) is 0.710. The predicted octanol–water partition coefficient (Wildman–Crippen LogP) is 3.67. The maximum atomic E-state index is 12.7. The van der Waals surface area contributed by atoms with Crippen molar-refractivity contribution in [1.29, 1.82) is 0 Å². The van der Waals surface area contributed by atoms with Crippen LogP contribution >= 0.6 is 12.1 Å². The van der Waals surface area contributed by atoms with Gasteiger partial charge < -0.3 is 5.73 Å². The number of allylic oxidation sites excluding steroid dienone is 1. The number of benzene rings is 1. The highest BCUT2D eigenvalue weighted by atomic mass is 32.2. The van der Waals surface area contributed by atoms with Crippen LogP contribution in [0.15, 0.2) is 35.7 Å². The monoisotopic (exact) mass is 239 g/mol. The van der Waals surface area contributed by atoms with Crippen LogP contribution in [0.4, 0.5) is 3.89 Å². The van der Waals surface area contributed by atoms with E-state index in [2.05, 4.69) is 12.6 Å². The summed E-state index contributed by atoms with van der Waals surface area (Å²) in [5.74, 6) is 0. The van der Waals surface area contributed by atoms with E-state index in [4.69, 9.17) is 5.73 Å². The Balaban J connectivity index is 2.83. The first-order chi connectivity index (χ1) is 7.83. The van der Waals surface area contributed by atoms with E-state index in [1.54, 1.807) is 0 Å². The molecule has 1 rings (SSSR count). The lowest BCUT2D eigenvalue weighted by atomic mass is 9.99. The predicted molar refractivity (Wildman–Crippen MR) is 69.3 cm³/mol. The molecule has 1 aromatic rings. The maximum Gasteiger partial charge on any atom is 0.0815 e. The summed E-state index contributed by atoms with van der Waals surface area (Å²) in [5.41, 5.74) is 7.85. The summed E-state index contributed by atoms with van der Waals surface area (Å²) in [7, 11) is 0. The number of nitrogens with two attached hydrogens (primary N) is 1. The highest BCUT2D eigenvalue weighted by Crippen LogP contribution is 2.27. The zero-order valence-electron chi connectivity index (χ0n) is 9.42. The van der Waals surface area contributed by atoms with Crippen LogP contribution in [0.5, 0.6) is 0 Å². The van der Waals surface area contributed by atoms with E-state index in [9.17, 15) is 3.89 Å². The van der Waals surface area contributed by atoms with Crippen molar-refractivity contribution in [2.24, 2.45) is 5.73 Å². The Morgan fingerprint density at radius 3 is 2.81 bits per heavy atom. The molecular weight excluding hydrogens is 221 g/mol. The molecule has 0 unspecified atom stereocenters. The third kappa shape index (κ3) is 3.65. The molecule has 0 amide bonds. The lowest BCUT2D eigenvalue weighted by Crippen LogP contribution is -2.06. The fraction of sp³-hybridized carbons (Fsp3) is 0.385. The van der Waals surface area contributed by atoms with E-state index in [1.807, 2.05) is 18.2 Å². The summed E-state index contributed by atoms with van der Waals surface area (Å²) < 4.78 is 12.7. The van der Waals surface area contributed by atoms with Gasteiger partial charge >= 0.3 is 0 Å². The SMILES string of the molecule is C=CCCCc1cccc(SF)c1CCN. The van der Waals surface area contributed by atoms with Gasteiger partial charge in [0.1, 0.15) is 0 Å². The molecule has 0 heterocycles. The highest BCUT2D eigenvalue weighted by molar-refractivity contribution is 7.94. The Morgan fingerprint density at radius 2 is 2.19 bits per heavy atom. The minimum Gasteiger partial charge on any atom is -0.330 e. The first-order valence-electron chi connectivity index (χ1n) is 5.53. The molecule has 1 aromatic carbocycles. The van der Waals surface area contributed by atoms with Gasteiger partial charge in [0.15, 0.2) is 0 Å². The molecule has 0 aromatic heterocycles. The minimum atomic E-state index is 0.313. The summed E-state index contributed by atoms with van der Waals surface area (Å²) in [6.07, 6.45) is 5.68. The summed E-state index contributed by atoms with van der Waals surface area (Å²) >= 11 is 0.313. The van der Waals surface area contributed by atoms with Gasteiger partial charge in [-0.1, -0.05) is 18.2 Å². The second kappa shape index (κ2) is 7.47. The van der Waals surface area contributed by atoms with Crippen molar-refractivity contribution in [3.05, 3.63) is 42.0 Å². The van der Waals surface area contributed by atoms with Crippen LogP contribution in [0.3, 0.4) is 0 Å². The third-order valence-corrected chi connectivity index (χ3v) is 3.11. The first kappa shape index (κ1) is 13.3. The molecule has 1 nitrogen and oxygen atoms in total. The summed E-state index contributed by atoms with van der Waals surface area (Å²) in [5, 5.41) is 0. The van der Waals surface area contributed by atoms with Gasteiger partial charge in [-0.25, -0.2) is 0 Å². The van der Waals surface area contributed by atoms with Gasteiger partial charge in [-0.15, -0.1) is 6.58 Å². The second-order valence-electron chi connectivity index (χ2n) is 3.69. The fourth-order valence-electron chi connectivity index (χ4n) is 1.78. The average molecular weight is 239 g/mol. The Hall–Kier alpha value is -0.800. The zero-order chi connectivity index (χ0) is 11.8. The molecule has 0 spiro atoms. The fourth-order valence-corrected chi connectivity index (χ4v) is 2.24. The van der Waals surface area contributed by atoms with E-state index in [0.717, 1.165) is 31.2 Å². The van der Waals surface area contributed by atoms with Crippen LogP contribution in [-0.2, 0) is 12.8 Å². The number of hydrogen-bond acceptors (Lipinski definition) is 2. The van der Waals surface area contributed by atoms with Crippen LogP contribution in [0, 0.1) is 0 Å². The van der Waals surface area contributed by atoms with Crippen molar-refractivity contribution in [2.45, 2.75) is 30.6 Å². The molecule has 16 heavy (non-hydrogen) atoms. The van der Waals surface area contributed by atoms with E-state index in [-0.39, 0.29) is 0 Å². The van der Waals surface area contributed by atoms with Crippen molar-refractivity contribution >= 4 is 12.1 Å². The summed E-state index contributed by atoms with van der Waals surface area (Å²) in [6.45, 7) is 4.26. The molecule has 0 bridgehead atoms. The Bertz CT molecular complexity index is 339. The number of halogens is 1. The molecule has 0 fully saturated rings. The van der Waals surface area contributed by atoms with Crippen molar-refractivity contribution < 1.29 is 3.89 Å². The molecule has 0 aliphatic heterocycles. The molecule has 0 aliphatic rings. The molecule has 0 saturated carbocycles. The van der Waals surface area contributed by atoms with Gasteiger partial charge in [0.05, 0.1) is 12.1 Å². The Morgan fingerprint density at radius 1 is 1.38 bits per heavy atom.